The quantitative estimate of drug-likeness (QED) is 0.851. The first kappa shape index (κ1) is 19.2. The molecule has 0 spiro atoms. The van der Waals surface area contributed by atoms with Gasteiger partial charge in [-0.2, -0.15) is 13.2 Å². The molecule has 1 aliphatic rings. The number of rotatable bonds is 3. The molecule has 3 rings (SSSR count). The Hall–Kier alpha value is -2.61. The third-order valence-corrected chi connectivity index (χ3v) is 5.00. The van der Waals surface area contributed by atoms with E-state index in [0.29, 0.717) is 11.3 Å². The largest absolute Gasteiger partial charge is 0.481 e. The molecular formula is C18H14ClF3N2O3. The van der Waals surface area contributed by atoms with Crippen molar-refractivity contribution in [1.29, 1.82) is 0 Å². The van der Waals surface area contributed by atoms with Crippen molar-refractivity contribution >= 4 is 23.5 Å². The molecule has 1 aliphatic heterocycles. The van der Waals surface area contributed by atoms with Gasteiger partial charge in [-0.1, -0.05) is 23.7 Å². The molecule has 142 valence electrons. The van der Waals surface area contributed by atoms with Crippen LogP contribution >= 0.6 is 11.6 Å². The minimum absolute atomic E-state index is 0.00295. The Balaban J connectivity index is 1.92. The summed E-state index contributed by atoms with van der Waals surface area (Å²) in [6.45, 7) is -1.27. The van der Waals surface area contributed by atoms with Crippen molar-refractivity contribution in [2.75, 3.05) is 13.1 Å². The fourth-order valence-corrected chi connectivity index (χ4v) is 3.26. The number of amides is 1. The fraction of sp³-hybridized carbons (Fsp3) is 0.278. The van der Waals surface area contributed by atoms with Crippen LogP contribution in [0, 0.1) is 5.41 Å². The van der Waals surface area contributed by atoms with E-state index < -0.39 is 36.4 Å². The van der Waals surface area contributed by atoms with E-state index in [0.717, 1.165) is 4.90 Å². The van der Waals surface area contributed by atoms with Crippen molar-refractivity contribution < 1.29 is 27.9 Å². The Labute approximate surface area is 157 Å². The molecule has 1 N–H and O–H groups in total. The normalized spacial score (nSPS) is 19.9. The molecule has 5 nitrogen and oxygen atoms in total. The van der Waals surface area contributed by atoms with Gasteiger partial charge in [0.05, 0.1) is 16.3 Å². The predicted molar refractivity (Wildman–Crippen MR) is 91.3 cm³/mol. The van der Waals surface area contributed by atoms with Gasteiger partial charge >= 0.3 is 12.1 Å². The van der Waals surface area contributed by atoms with Crippen LogP contribution in [0.3, 0.4) is 0 Å². The molecule has 1 unspecified atom stereocenters. The van der Waals surface area contributed by atoms with Gasteiger partial charge in [-0.25, -0.2) is 0 Å². The molecule has 1 saturated heterocycles. The van der Waals surface area contributed by atoms with Crippen LogP contribution in [0.25, 0.3) is 11.3 Å². The topological polar surface area (TPSA) is 70.5 Å². The van der Waals surface area contributed by atoms with Crippen LogP contribution in [0.2, 0.25) is 5.02 Å². The van der Waals surface area contributed by atoms with Gasteiger partial charge in [0.2, 0.25) is 0 Å². The Bertz CT molecular complexity index is 889. The Morgan fingerprint density at radius 2 is 1.96 bits per heavy atom. The first-order valence-corrected chi connectivity index (χ1v) is 8.34. The lowest BCUT2D eigenvalue weighted by Gasteiger charge is -2.27. The summed E-state index contributed by atoms with van der Waals surface area (Å²) >= 11 is 6.07. The molecule has 1 fully saturated rings. The maximum atomic E-state index is 13.3. The molecule has 2 heterocycles. The van der Waals surface area contributed by atoms with E-state index in [4.69, 9.17) is 16.7 Å². The van der Waals surface area contributed by atoms with Crippen LogP contribution in [0.4, 0.5) is 13.2 Å². The molecule has 9 heteroatoms. The zero-order chi connectivity index (χ0) is 19.8. The number of carbonyl (C=O) groups excluding carboxylic acids is 1. The zero-order valence-corrected chi connectivity index (χ0v) is 14.6. The summed E-state index contributed by atoms with van der Waals surface area (Å²) < 4.78 is 40.0. The van der Waals surface area contributed by atoms with Crippen LogP contribution in [0.5, 0.6) is 0 Å². The van der Waals surface area contributed by atoms with E-state index in [1.165, 1.54) is 12.1 Å². The number of carbonyl (C=O) groups is 2. The number of hydrogen-bond acceptors (Lipinski definition) is 3. The highest BCUT2D eigenvalue weighted by molar-refractivity contribution is 6.34. The lowest BCUT2D eigenvalue weighted by molar-refractivity contribution is -0.227. The van der Waals surface area contributed by atoms with Gasteiger partial charge in [0.15, 0.2) is 5.41 Å². The molecule has 1 amide bonds. The summed E-state index contributed by atoms with van der Waals surface area (Å²) in [5.41, 5.74) is -1.82. The van der Waals surface area contributed by atoms with E-state index in [9.17, 15) is 22.8 Å². The molecule has 1 atom stereocenters. The van der Waals surface area contributed by atoms with Gasteiger partial charge in [-0.15, -0.1) is 0 Å². The second-order valence-electron chi connectivity index (χ2n) is 6.27. The average Bonchev–Trinajstić information content (AvgIpc) is 3.09. The maximum Gasteiger partial charge on any atom is 0.406 e. The van der Waals surface area contributed by atoms with Crippen LogP contribution in [0.15, 0.2) is 42.6 Å². The van der Waals surface area contributed by atoms with Crippen molar-refractivity contribution in [3.63, 3.8) is 0 Å². The van der Waals surface area contributed by atoms with Crippen LogP contribution in [0.1, 0.15) is 16.8 Å². The number of aliphatic carboxylic acids is 1. The van der Waals surface area contributed by atoms with E-state index in [-0.39, 0.29) is 17.1 Å². The number of aromatic nitrogens is 1. The van der Waals surface area contributed by atoms with Crippen molar-refractivity contribution in [2.45, 2.75) is 12.6 Å². The number of nitrogens with zero attached hydrogens (tertiary/aromatic N) is 2. The van der Waals surface area contributed by atoms with E-state index in [1.54, 1.807) is 30.5 Å². The third-order valence-electron chi connectivity index (χ3n) is 4.67. The second kappa shape index (κ2) is 6.84. The Morgan fingerprint density at radius 3 is 2.52 bits per heavy atom. The number of benzene rings is 1. The summed E-state index contributed by atoms with van der Waals surface area (Å²) in [4.78, 5) is 29.1. The van der Waals surface area contributed by atoms with E-state index in [2.05, 4.69) is 4.98 Å². The number of pyridine rings is 1. The van der Waals surface area contributed by atoms with Gasteiger partial charge in [0.1, 0.15) is 0 Å². The highest BCUT2D eigenvalue weighted by Gasteiger charge is 2.64. The lowest BCUT2D eigenvalue weighted by atomic mass is 9.86. The summed E-state index contributed by atoms with van der Waals surface area (Å²) in [5, 5.41) is 9.19. The van der Waals surface area contributed by atoms with Crippen LogP contribution in [-0.2, 0) is 4.79 Å². The molecule has 2 aromatic rings. The molecular weight excluding hydrogens is 385 g/mol. The summed E-state index contributed by atoms with van der Waals surface area (Å²) in [6.07, 6.45) is -4.10. The molecule has 0 bridgehead atoms. The summed E-state index contributed by atoms with van der Waals surface area (Å²) in [5.74, 6) is -2.73. The molecule has 0 radical (unpaired) electrons. The van der Waals surface area contributed by atoms with Gasteiger partial charge in [0.25, 0.3) is 5.91 Å². The van der Waals surface area contributed by atoms with E-state index in [1.807, 2.05) is 0 Å². The number of halogens is 4. The van der Waals surface area contributed by atoms with E-state index >= 15 is 0 Å². The van der Waals surface area contributed by atoms with Gasteiger partial charge in [0, 0.05) is 24.8 Å². The fourth-order valence-electron chi connectivity index (χ4n) is 3.06. The van der Waals surface area contributed by atoms with Crippen molar-refractivity contribution in [1.82, 2.24) is 9.88 Å². The number of alkyl halides is 3. The lowest BCUT2D eigenvalue weighted by Crippen LogP contribution is -2.47. The predicted octanol–water partition coefficient (Wildman–Crippen LogP) is 3.88. The first-order valence-electron chi connectivity index (χ1n) is 7.96. The monoisotopic (exact) mass is 398 g/mol. The van der Waals surface area contributed by atoms with Crippen molar-refractivity contribution in [3.05, 3.63) is 53.2 Å². The number of carboxylic acids is 1. The molecule has 0 aliphatic carbocycles. The Kier molecular flexibility index (Phi) is 4.86. The van der Waals surface area contributed by atoms with Crippen molar-refractivity contribution in [3.8, 4) is 11.3 Å². The maximum absolute atomic E-state index is 13.3. The molecule has 27 heavy (non-hydrogen) atoms. The summed E-state index contributed by atoms with van der Waals surface area (Å²) in [6, 6.07) is 9.74. The minimum Gasteiger partial charge on any atom is -0.481 e. The van der Waals surface area contributed by atoms with Crippen molar-refractivity contribution in [2.24, 2.45) is 5.41 Å². The first-order chi connectivity index (χ1) is 12.7. The van der Waals surface area contributed by atoms with Crippen LogP contribution in [-0.4, -0.2) is 46.1 Å². The molecule has 1 aromatic heterocycles. The Morgan fingerprint density at radius 1 is 1.22 bits per heavy atom. The standard InChI is InChI=1S/C18H14ClF3N2O3/c19-13-5-4-11(14-3-1-2-7-23-14)9-12(13)15(25)24-8-6-17(10-24,16(26)27)18(20,21)22/h1-5,7,9H,6,8,10H2,(H,26,27). The number of likely N-dealkylation sites (tertiary alicyclic amines) is 1. The highest BCUT2D eigenvalue weighted by atomic mass is 35.5. The van der Waals surface area contributed by atoms with Gasteiger partial charge < -0.3 is 10.0 Å². The van der Waals surface area contributed by atoms with Crippen LogP contribution < -0.4 is 0 Å². The SMILES string of the molecule is O=C(c1cc(-c2ccccn2)ccc1Cl)N1CCC(C(=O)O)(C(F)(F)F)C1. The number of carboxylic acid groups (broad SMARTS) is 1. The minimum atomic E-state index is -4.96. The van der Waals surface area contributed by atoms with Gasteiger partial charge in [-0.05, 0) is 30.7 Å². The smallest absolute Gasteiger partial charge is 0.406 e. The number of hydrogen-bond donors (Lipinski definition) is 1. The highest BCUT2D eigenvalue weighted by Crippen LogP contribution is 2.46. The third kappa shape index (κ3) is 3.37. The zero-order valence-electron chi connectivity index (χ0n) is 13.8. The molecule has 1 aromatic carbocycles. The van der Waals surface area contributed by atoms with Gasteiger partial charge in [-0.3, -0.25) is 14.6 Å². The summed E-state index contributed by atoms with van der Waals surface area (Å²) in [7, 11) is 0. The average molecular weight is 399 g/mol. The molecule has 0 saturated carbocycles. The second-order valence-corrected chi connectivity index (χ2v) is 6.68.